The first-order valence-electron chi connectivity index (χ1n) is 8.29. The lowest BCUT2D eigenvalue weighted by atomic mass is 10.1. The molecule has 2 heterocycles. The van der Waals surface area contributed by atoms with Gasteiger partial charge in [-0.25, -0.2) is 9.18 Å². The van der Waals surface area contributed by atoms with Gasteiger partial charge in [-0.05, 0) is 29.8 Å². The highest BCUT2D eigenvalue weighted by Crippen LogP contribution is 2.38. The van der Waals surface area contributed by atoms with Crippen LogP contribution < -0.4 is 5.69 Å². The van der Waals surface area contributed by atoms with Crippen molar-refractivity contribution >= 4 is 35.2 Å². The Morgan fingerprint density at radius 2 is 2.04 bits per heavy atom. The maximum atomic E-state index is 14.1. The van der Waals surface area contributed by atoms with Crippen LogP contribution in [-0.2, 0) is 6.54 Å². The van der Waals surface area contributed by atoms with E-state index in [1.807, 2.05) is 0 Å². The first-order chi connectivity index (χ1) is 13.5. The van der Waals surface area contributed by atoms with E-state index in [2.05, 4.69) is 15.9 Å². The van der Waals surface area contributed by atoms with Gasteiger partial charge in [-0.15, -0.1) is 6.42 Å². The Bertz CT molecular complexity index is 1240. The monoisotopic (exact) mass is 393 g/mol. The molecule has 0 amide bonds. The quantitative estimate of drug-likeness (QED) is 0.661. The molecule has 0 radical (unpaired) electrons. The van der Waals surface area contributed by atoms with Crippen LogP contribution in [0.25, 0.3) is 11.6 Å². The fourth-order valence-corrected chi connectivity index (χ4v) is 3.14. The zero-order chi connectivity index (χ0) is 19.8. The molecule has 28 heavy (non-hydrogen) atoms. The van der Waals surface area contributed by atoms with Crippen LogP contribution in [0.4, 0.5) is 10.1 Å². The molecule has 1 aliphatic heterocycles. The number of nitrogens with zero attached hydrogens (tertiary/aromatic N) is 2. The Labute approximate surface area is 164 Å². The van der Waals surface area contributed by atoms with Crippen LogP contribution in [0.1, 0.15) is 22.4 Å². The molecule has 0 spiro atoms. The molecule has 4 rings (SSSR count). The molecule has 1 aromatic heterocycles. The summed E-state index contributed by atoms with van der Waals surface area (Å²) >= 11 is 5.78. The minimum absolute atomic E-state index is 0.0181. The minimum Gasteiger partial charge on any atom is -0.493 e. The summed E-state index contributed by atoms with van der Waals surface area (Å²) < 4.78 is 15.3. The number of terminal acetylenes is 1. The number of aromatic nitrogens is 2. The molecule has 2 aromatic carbocycles. The number of rotatable bonds is 3. The number of hydrogen-bond donors (Lipinski definition) is 2. The van der Waals surface area contributed by atoms with Crippen LogP contribution in [0, 0.1) is 18.2 Å². The summed E-state index contributed by atoms with van der Waals surface area (Å²) in [6.07, 6.45) is 8.33. The van der Waals surface area contributed by atoms with Crippen LogP contribution in [-0.4, -0.2) is 20.9 Å². The van der Waals surface area contributed by atoms with Gasteiger partial charge >= 0.3 is 5.69 Å². The number of benzene rings is 2. The van der Waals surface area contributed by atoms with Crippen LogP contribution in [0.15, 0.2) is 46.2 Å². The molecule has 0 bridgehead atoms. The van der Waals surface area contributed by atoms with Crippen molar-refractivity contribution in [1.82, 2.24) is 9.55 Å². The lowest BCUT2D eigenvalue weighted by Gasteiger charge is -2.04. The predicted octanol–water partition coefficient (Wildman–Crippen LogP) is 3.96. The number of fused-ring (bicyclic) bond motifs is 1. The van der Waals surface area contributed by atoms with Gasteiger partial charge in [0.2, 0.25) is 5.88 Å². The van der Waals surface area contributed by atoms with Gasteiger partial charge in [-0.1, -0.05) is 35.7 Å². The minimum atomic E-state index is -0.607. The van der Waals surface area contributed by atoms with Gasteiger partial charge < -0.3 is 10.1 Å². The summed E-state index contributed by atoms with van der Waals surface area (Å²) in [5, 5.41) is 10.5. The molecule has 5 nitrogen and oxygen atoms in total. The predicted molar refractivity (Wildman–Crippen MR) is 108 cm³/mol. The molecule has 138 valence electrons. The second-order valence-electron chi connectivity index (χ2n) is 6.21. The number of halogens is 2. The zero-order valence-corrected chi connectivity index (χ0v) is 15.2. The van der Waals surface area contributed by atoms with Crippen molar-refractivity contribution in [2.75, 3.05) is 0 Å². The number of aromatic hydroxyl groups is 1. The SMILES string of the molecule is C#Cc1ccc(Cn2c(O)c(C=C3C=Nc4c3ccc(Cl)c4F)[nH]c2=O)cc1. The lowest BCUT2D eigenvalue weighted by molar-refractivity contribution is 0.420. The third-order valence-electron chi connectivity index (χ3n) is 4.46. The van der Waals surface area contributed by atoms with Gasteiger partial charge in [0.25, 0.3) is 0 Å². The van der Waals surface area contributed by atoms with Crippen molar-refractivity contribution < 1.29 is 9.50 Å². The van der Waals surface area contributed by atoms with Crippen molar-refractivity contribution in [1.29, 1.82) is 0 Å². The molecule has 0 aliphatic carbocycles. The second kappa shape index (κ2) is 6.87. The third kappa shape index (κ3) is 3.02. The first-order valence-corrected chi connectivity index (χ1v) is 8.67. The molecule has 2 N–H and O–H groups in total. The van der Waals surface area contributed by atoms with E-state index in [9.17, 15) is 14.3 Å². The number of imidazole rings is 1. The third-order valence-corrected chi connectivity index (χ3v) is 4.75. The molecule has 0 saturated heterocycles. The Kier molecular flexibility index (Phi) is 4.38. The number of allylic oxidation sites excluding steroid dienone is 1. The standard InChI is InChI=1S/C21H13ClFN3O2/c1-2-12-3-5-13(6-4-12)11-26-20(27)17(25-21(26)28)9-14-10-24-19-15(14)7-8-16(22)18(19)23/h1,3-10,27H,11H2,(H,25,28). The molecular formula is C21H13ClFN3O2. The Balaban J connectivity index is 1.69. The molecule has 0 saturated carbocycles. The lowest BCUT2D eigenvalue weighted by Crippen LogP contribution is -2.17. The van der Waals surface area contributed by atoms with Crippen molar-refractivity contribution in [3.05, 3.63) is 80.1 Å². The van der Waals surface area contributed by atoms with E-state index in [0.29, 0.717) is 11.1 Å². The van der Waals surface area contributed by atoms with Crippen molar-refractivity contribution in [3.8, 4) is 18.2 Å². The average molecular weight is 394 g/mol. The molecule has 3 aromatic rings. The molecule has 7 heteroatoms. The van der Waals surface area contributed by atoms with Crippen LogP contribution in [0.5, 0.6) is 5.88 Å². The first kappa shape index (κ1) is 17.8. The van der Waals surface area contributed by atoms with Crippen molar-refractivity contribution in [2.45, 2.75) is 6.54 Å². The molecular weight excluding hydrogens is 381 g/mol. The van der Waals surface area contributed by atoms with E-state index in [0.717, 1.165) is 11.1 Å². The summed E-state index contributed by atoms with van der Waals surface area (Å²) in [7, 11) is 0. The van der Waals surface area contributed by atoms with Gasteiger partial charge in [0.05, 0.1) is 11.6 Å². The van der Waals surface area contributed by atoms with Crippen LogP contribution in [0.3, 0.4) is 0 Å². The summed E-state index contributed by atoms with van der Waals surface area (Å²) in [5.41, 5.74) is 2.48. The van der Waals surface area contributed by atoms with E-state index in [4.69, 9.17) is 18.0 Å². The highest BCUT2D eigenvalue weighted by molar-refractivity contribution is 6.31. The number of hydrogen-bond acceptors (Lipinski definition) is 3. The van der Waals surface area contributed by atoms with Crippen LogP contribution >= 0.6 is 11.6 Å². The fourth-order valence-electron chi connectivity index (χ4n) is 2.99. The second-order valence-corrected chi connectivity index (χ2v) is 6.62. The van der Waals surface area contributed by atoms with E-state index >= 15 is 0 Å². The highest BCUT2D eigenvalue weighted by Gasteiger charge is 2.20. The molecule has 0 fully saturated rings. The maximum absolute atomic E-state index is 14.1. The fraction of sp³-hybridized carbons (Fsp3) is 0.0476. The van der Waals surface area contributed by atoms with E-state index in [1.54, 1.807) is 30.3 Å². The maximum Gasteiger partial charge on any atom is 0.329 e. The van der Waals surface area contributed by atoms with Gasteiger partial charge in [0.15, 0.2) is 5.82 Å². The van der Waals surface area contributed by atoms with Crippen LogP contribution in [0.2, 0.25) is 5.02 Å². The average Bonchev–Trinajstić information content (AvgIpc) is 3.22. The van der Waals surface area contributed by atoms with E-state index in [-0.39, 0.29) is 28.8 Å². The van der Waals surface area contributed by atoms with Crippen molar-refractivity contribution in [3.63, 3.8) is 0 Å². The number of H-pyrrole nitrogens is 1. The van der Waals surface area contributed by atoms with Gasteiger partial charge in [0, 0.05) is 22.9 Å². The highest BCUT2D eigenvalue weighted by atomic mass is 35.5. The van der Waals surface area contributed by atoms with Gasteiger partial charge in [0.1, 0.15) is 11.4 Å². The van der Waals surface area contributed by atoms with E-state index < -0.39 is 11.5 Å². The Hall–Kier alpha value is -3.56. The summed E-state index contributed by atoms with van der Waals surface area (Å²) in [4.78, 5) is 18.9. The Morgan fingerprint density at radius 3 is 2.75 bits per heavy atom. The summed E-state index contributed by atoms with van der Waals surface area (Å²) in [6.45, 7) is 0.171. The Morgan fingerprint density at radius 1 is 1.29 bits per heavy atom. The topological polar surface area (TPSA) is 70.4 Å². The molecule has 0 unspecified atom stereocenters. The summed E-state index contributed by atoms with van der Waals surface area (Å²) in [6, 6.07) is 10.2. The number of nitrogens with one attached hydrogen (secondary N) is 1. The number of aliphatic imine (C=N–C) groups is 1. The zero-order valence-electron chi connectivity index (χ0n) is 14.4. The van der Waals surface area contributed by atoms with Gasteiger partial charge in [-0.3, -0.25) is 9.56 Å². The van der Waals surface area contributed by atoms with Crippen molar-refractivity contribution in [2.24, 2.45) is 4.99 Å². The smallest absolute Gasteiger partial charge is 0.329 e. The normalized spacial score (nSPS) is 13.7. The summed E-state index contributed by atoms with van der Waals surface area (Å²) in [5.74, 6) is 1.69. The molecule has 1 aliphatic rings. The van der Waals surface area contributed by atoms with E-state index in [1.165, 1.54) is 22.9 Å². The molecule has 0 atom stereocenters. The van der Waals surface area contributed by atoms with Gasteiger partial charge in [-0.2, -0.15) is 0 Å². The number of aromatic amines is 1. The largest absolute Gasteiger partial charge is 0.493 e.